The molecule has 0 spiro atoms. The maximum absolute atomic E-state index is 13.4. The molecule has 1 unspecified atom stereocenters. The summed E-state index contributed by atoms with van der Waals surface area (Å²) in [5.74, 6) is -1.43. The van der Waals surface area contributed by atoms with Gasteiger partial charge >= 0.3 is 0 Å². The first-order valence-electron chi connectivity index (χ1n) is 19.2. The lowest BCUT2D eigenvalue weighted by Gasteiger charge is -2.25. The number of phenols is 2. The van der Waals surface area contributed by atoms with E-state index in [4.69, 9.17) is 10.2 Å². The van der Waals surface area contributed by atoms with Crippen molar-refractivity contribution in [3.63, 3.8) is 0 Å². The van der Waals surface area contributed by atoms with Crippen molar-refractivity contribution in [3.8, 4) is 11.5 Å². The van der Waals surface area contributed by atoms with Gasteiger partial charge in [-0.25, -0.2) is 0 Å². The molecule has 14 heteroatoms. The Balaban J connectivity index is 0.000000400. The molecule has 318 valence electrons. The van der Waals surface area contributed by atoms with Crippen LogP contribution in [0.4, 0.5) is 11.4 Å². The Labute approximate surface area is 365 Å². The van der Waals surface area contributed by atoms with E-state index in [1.165, 1.54) is 28.8 Å². The molecule has 0 heterocycles. The molecule has 0 fully saturated rings. The summed E-state index contributed by atoms with van der Waals surface area (Å²) in [6.07, 6.45) is 1.09. The molecule has 1 aliphatic rings. The molecule has 1 aliphatic carbocycles. The molecule has 0 saturated carbocycles. The normalized spacial score (nSPS) is 11.7. The highest BCUT2D eigenvalue weighted by molar-refractivity contribution is 6.33. The zero-order valence-electron chi connectivity index (χ0n) is 33.0. The summed E-state index contributed by atoms with van der Waals surface area (Å²) in [5.41, 5.74) is 4.79. The Morgan fingerprint density at radius 2 is 0.864 bits per heavy atom. The summed E-state index contributed by atoms with van der Waals surface area (Å²) in [5, 5.41) is 54.2. The highest BCUT2D eigenvalue weighted by Gasteiger charge is 2.38. The van der Waals surface area contributed by atoms with E-state index in [9.17, 15) is 19.8 Å². The molecule has 0 amide bonds. The number of anilines is 2. The number of ketones is 2. The van der Waals surface area contributed by atoms with Gasteiger partial charge in [0.2, 0.25) is 11.6 Å². The van der Waals surface area contributed by atoms with Crippen molar-refractivity contribution in [1.29, 1.82) is 0 Å². The van der Waals surface area contributed by atoms with Gasteiger partial charge < -0.3 is 47.0 Å². The summed E-state index contributed by atoms with van der Waals surface area (Å²) in [7, 11) is 0. The van der Waals surface area contributed by atoms with Crippen molar-refractivity contribution >= 4 is 60.2 Å². The van der Waals surface area contributed by atoms with Crippen LogP contribution in [0.25, 0.3) is 0 Å². The Bertz CT molecular complexity index is 1900. The lowest BCUT2D eigenvalue weighted by Crippen LogP contribution is -2.28. The summed E-state index contributed by atoms with van der Waals surface area (Å²) >= 11 is 0. The molecule has 0 bridgehead atoms. The number of phenolic OH excluding ortho intramolecular Hbond substituents is 2. The zero-order valence-corrected chi connectivity index (χ0v) is 35.5. The van der Waals surface area contributed by atoms with Crippen molar-refractivity contribution < 1.29 is 30.0 Å². The molecule has 59 heavy (non-hydrogen) atoms. The third-order valence-electron chi connectivity index (χ3n) is 9.67. The lowest BCUT2D eigenvalue weighted by molar-refractivity contribution is 0.0975. The third kappa shape index (κ3) is 13.7. The van der Waals surface area contributed by atoms with E-state index in [2.05, 4.69) is 125 Å². The second-order valence-corrected chi connectivity index (χ2v) is 13.5. The first kappa shape index (κ1) is 50.5. The van der Waals surface area contributed by atoms with Crippen LogP contribution in [-0.4, -0.2) is 91.0 Å². The number of aliphatic hydroxyl groups excluding tert-OH is 2. The Kier molecular flexibility index (Phi) is 22.6. The summed E-state index contributed by atoms with van der Waals surface area (Å²) in [6.45, 7) is 6.03. The van der Waals surface area contributed by atoms with E-state index in [0.29, 0.717) is 62.6 Å². The van der Waals surface area contributed by atoms with Gasteiger partial charge in [-0.15, -0.1) is 37.2 Å². The van der Waals surface area contributed by atoms with Crippen LogP contribution in [0, 0.1) is 0 Å². The van der Waals surface area contributed by atoms with Crippen molar-refractivity contribution in [2.24, 2.45) is 0 Å². The van der Waals surface area contributed by atoms with E-state index in [1.54, 1.807) is 12.1 Å². The van der Waals surface area contributed by atoms with E-state index < -0.39 is 11.6 Å². The molecule has 0 aromatic heterocycles. The maximum Gasteiger partial charge on any atom is 0.200 e. The number of fused-ring (bicyclic) bond motifs is 2. The van der Waals surface area contributed by atoms with Crippen LogP contribution in [0.1, 0.15) is 73.8 Å². The van der Waals surface area contributed by atoms with Crippen LogP contribution in [0.2, 0.25) is 0 Å². The van der Waals surface area contributed by atoms with E-state index in [-0.39, 0.29) is 84.2 Å². The Morgan fingerprint density at radius 3 is 1.25 bits per heavy atom. The fourth-order valence-corrected chi connectivity index (χ4v) is 6.84. The smallest absolute Gasteiger partial charge is 0.200 e. The van der Waals surface area contributed by atoms with Crippen LogP contribution >= 0.6 is 37.2 Å². The monoisotopic (exact) mass is 867 g/mol. The number of benzene rings is 5. The number of carbonyl (C=O) groups excluding carboxylic acids is 2. The molecule has 6 rings (SSSR count). The minimum Gasteiger partial charge on any atom is -0.507 e. The fourth-order valence-electron chi connectivity index (χ4n) is 6.84. The number of rotatable bonds is 19. The minimum absolute atomic E-state index is 0. The van der Waals surface area contributed by atoms with Gasteiger partial charge in [-0.05, 0) is 60.8 Å². The van der Waals surface area contributed by atoms with Crippen LogP contribution in [-0.2, 0) is 0 Å². The summed E-state index contributed by atoms with van der Waals surface area (Å²) in [6, 6.07) is 38.4. The molecule has 1 atom stereocenters. The van der Waals surface area contributed by atoms with Crippen LogP contribution in [0.3, 0.4) is 0 Å². The zero-order chi connectivity index (χ0) is 39.7. The van der Waals surface area contributed by atoms with Crippen molar-refractivity contribution in [2.75, 3.05) is 69.7 Å². The van der Waals surface area contributed by atoms with E-state index in [1.807, 2.05) is 0 Å². The van der Waals surface area contributed by atoms with E-state index >= 15 is 0 Å². The second kappa shape index (κ2) is 26.4. The number of hydrogen-bond acceptors (Lipinski definition) is 11. The summed E-state index contributed by atoms with van der Waals surface area (Å²) < 4.78 is 0. The molecule has 0 aliphatic heterocycles. The van der Waals surface area contributed by atoms with Crippen LogP contribution in [0.5, 0.6) is 11.5 Å². The molecular formula is C45H56Cl3N5O6. The highest BCUT2D eigenvalue weighted by atomic mass is 35.5. The first-order chi connectivity index (χ1) is 27.3. The lowest BCUT2D eigenvalue weighted by atomic mass is 9.81. The van der Waals surface area contributed by atoms with Crippen LogP contribution in [0.15, 0.2) is 115 Å². The largest absolute Gasteiger partial charge is 0.507 e. The molecule has 5 aromatic rings. The van der Waals surface area contributed by atoms with Crippen LogP contribution < -0.4 is 26.6 Å². The molecule has 9 N–H and O–H groups in total. The second-order valence-electron chi connectivity index (χ2n) is 13.5. The van der Waals surface area contributed by atoms with Crippen molar-refractivity contribution in [1.82, 2.24) is 16.0 Å². The van der Waals surface area contributed by atoms with Gasteiger partial charge in [0, 0.05) is 62.6 Å². The summed E-state index contributed by atoms with van der Waals surface area (Å²) in [4.78, 5) is 26.7. The quantitative estimate of drug-likeness (QED) is 0.0314. The van der Waals surface area contributed by atoms with Crippen molar-refractivity contribution in [2.45, 2.75) is 25.3 Å². The number of aliphatic hydroxyl groups is 2. The average molecular weight is 869 g/mol. The van der Waals surface area contributed by atoms with Gasteiger partial charge in [0.05, 0.1) is 35.5 Å². The predicted octanol–water partition coefficient (Wildman–Crippen LogP) is 6.69. The molecule has 0 radical (unpaired) electrons. The molecule has 11 nitrogen and oxygen atoms in total. The number of hydrogen-bond donors (Lipinski definition) is 9. The molecular weight excluding hydrogens is 813 g/mol. The van der Waals surface area contributed by atoms with Gasteiger partial charge in [-0.2, -0.15) is 0 Å². The fraction of sp³-hybridized carbons (Fsp3) is 0.289. The molecule has 5 aromatic carbocycles. The first-order valence-corrected chi connectivity index (χ1v) is 19.2. The number of nitrogens with one attached hydrogen (secondary N) is 5. The predicted molar refractivity (Wildman–Crippen MR) is 244 cm³/mol. The molecule has 0 saturated heterocycles. The minimum atomic E-state index is -0.559. The third-order valence-corrected chi connectivity index (χ3v) is 9.67. The Morgan fingerprint density at radius 1 is 0.475 bits per heavy atom. The van der Waals surface area contributed by atoms with Gasteiger partial charge in [0.1, 0.15) is 11.5 Å². The number of halogens is 3. The average Bonchev–Trinajstić information content (AvgIpc) is 3.23. The van der Waals surface area contributed by atoms with Gasteiger partial charge in [-0.3, -0.25) is 9.59 Å². The standard InChI is InChI=1S/C23H25N.C22H28N4O6.3ClH/c1-19(20-11-5-2-6-12-20)24-18-17-23(21-13-7-3-8-14-21)22-15-9-4-10-16-22;27-11-9-23-5-7-25-13-1-2-14(26-8-6-24-10-12-28)18-17(13)21(31)19-15(29)3-4-16(30)20(19)22(18)32;;;/h2-16,19,23-24H,17-18H2,1H3;1-4,23-30H,5-12H2;3*1H. The van der Waals surface area contributed by atoms with Crippen molar-refractivity contribution in [3.05, 3.63) is 154 Å². The number of aromatic hydroxyl groups is 2. The van der Waals surface area contributed by atoms with Gasteiger partial charge in [-0.1, -0.05) is 91.0 Å². The van der Waals surface area contributed by atoms with Gasteiger partial charge in [0.25, 0.3) is 0 Å². The van der Waals surface area contributed by atoms with E-state index in [0.717, 1.165) is 13.0 Å². The van der Waals surface area contributed by atoms with Gasteiger partial charge in [0.15, 0.2) is 0 Å². The highest BCUT2D eigenvalue weighted by Crippen LogP contribution is 2.42. The SMILES string of the molecule is CC(NCCC(c1ccccc1)c1ccccc1)c1ccccc1.Cl.Cl.Cl.O=C1c2c(O)ccc(O)c2C(=O)c2c(NCCNCCO)ccc(NCCNCCO)c21. The maximum atomic E-state index is 13.4. The topological polar surface area (TPSA) is 175 Å². The number of carbonyl (C=O) groups is 2. The Hall–Kier alpha value is -4.69.